The number of amidine groups is 2. The number of allylic oxidation sites excluding steroid dienone is 4. The third-order valence-electron chi connectivity index (χ3n) is 23.4. The number of rotatable bonds is 10. The largest absolute Gasteiger partial charge is 0.456 e. The zero-order chi connectivity index (χ0) is 75.8. The maximum Gasteiger partial charge on any atom is 0.161 e. The number of hydrogen-bond acceptors (Lipinski definition) is 8. The van der Waals surface area contributed by atoms with Gasteiger partial charge >= 0.3 is 0 Å². The monoisotopic (exact) mass is 1490 g/mol. The number of thiophene rings is 1. The van der Waals surface area contributed by atoms with Crippen molar-refractivity contribution in [2.24, 2.45) is 25.9 Å². The Hall–Kier alpha value is -14.7. The molecule has 0 amide bonds. The van der Waals surface area contributed by atoms with Crippen molar-refractivity contribution < 1.29 is 13.3 Å². The number of benzene rings is 17. The second-order valence-corrected chi connectivity index (χ2v) is 31.2. The molecular formula is C107H66N4O3S. The molecule has 23 rings (SSSR count). The maximum atomic E-state index is 7.06. The van der Waals surface area contributed by atoms with Gasteiger partial charge in [0.25, 0.3) is 0 Å². The molecule has 17 aromatic carbocycles. The summed E-state index contributed by atoms with van der Waals surface area (Å²) in [5.41, 5.74) is 21.7. The zero-order valence-electron chi connectivity index (χ0n) is 62.3. The zero-order valence-corrected chi connectivity index (χ0v) is 63.1. The highest BCUT2D eigenvalue weighted by atomic mass is 32.1. The van der Waals surface area contributed by atoms with Crippen LogP contribution in [0.4, 0.5) is 0 Å². The molecule has 0 fully saturated rings. The number of aliphatic imine (C=N–C) groups is 4. The minimum Gasteiger partial charge on any atom is -0.456 e. The highest BCUT2D eigenvalue weighted by molar-refractivity contribution is 7.25. The van der Waals surface area contributed by atoms with Crippen molar-refractivity contribution in [3.8, 4) is 44.5 Å². The van der Waals surface area contributed by atoms with Crippen LogP contribution < -0.4 is 0 Å². The van der Waals surface area contributed by atoms with Gasteiger partial charge in [0.1, 0.15) is 33.5 Å². The van der Waals surface area contributed by atoms with Crippen molar-refractivity contribution in [2.45, 2.75) is 13.0 Å². The molecule has 0 bridgehead atoms. The first-order valence-electron chi connectivity index (χ1n) is 39.1. The Morgan fingerprint density at radius 2 is 0.843 bits per heavy atom. The highest BCUT2D eigenvalue weighted by Gasteiger charge is 2.29. The molecule has 115 heavy (non-hydrogen) atoms. The lowest BCUT2D eigenvalue weighted by molar-refractivity contribution is 0.573. The Kier molecular flexibility index (Phi) is 15.4. The molecule has 4 aromatic heterocycles. The van der Waals surface area contributed by atoms with Gasteiger partial charge < -0.3 is 13.3 Å². The summed E-state index contributed by atoms with van der Waals surface area (Å²) in [5, 5.41) is 17.9. The molecule has 2 unspecified atom stereocenters. The van der Waals surface area contributed by atoms with E-state index in [0.717, 1.165) is 171 Å². The van der Waals surface area contributed by atoms with E-state index in [1.165, 1.54) is 52.7 Å². The molecule has 2 aliphatic heterocycles. The van der Waals surface area contributed by atoms with Gasteiger partial charge in [-0.15, -0.1) is 11.3 Å². The highest BCUT2D eigenvalue weighted by Crippen LogP contribution is 2.48. The summed E-state index contributed by atoms with van der Waals surface area (Å²) < 4.78 is 23.2. The van der Waals surface area contributed by atoms with E-state index in [1.54, 1.807) is 0 Å². The third-order valence-corrected chi connectivity index (χ3v) is 24.6. The molecule has 538 valence electrons. The minimum absolute atomic E-state index is 0.0282. The van der Waals surface area contributed by atoms with Crippen molar-refractivity contribution in [3.63, 3.8) is 0 Å². The standard InChI is InChI=1S/C107H66N4O3S/c1-63-41-55-93(66-22-3-2-4-23-66)110-107(111-103(63)90-60-72-25-7-8-28-75(72)77-29-9-10-30-78(77)90)87-53-51-76(104-101(87)84-34-14-17-39-95(84)113-104)73-48-50-80-89-59-71(49-56-98(89)115-99(80)61-73)70-27-19-26-69(57-70)65-42-45-67(46-43-65)91-36-20-37-92(74-47-44-64-21-5-6-24-68(64)58-74)109-106(108-91)86-54-52-82(105-102(86)85-35-15-18-40-96(85)114-105)88-62-97-100(81-32-12-11-31-79(81)88)83-33-13-16-38-94(83)112-97/h2-63,103H,1H3/b36-20?,37-20+,55-41+,91-36?,92-37?,108-91?,108-106?,109-92?,109-106?,110-93?,111-107?. The van der Waals surface area contributed by atoms with Crippen LogP contribution in [-0.4, -0.2) is 23.1 Å². The van der Waals surface area contributed by atoms with Crippen LogP contribution in [0.3, 0.4) is 0 Å². The lowest BCUT2D eigenvalue weighted by Crippen LogP contribution is -2.15. The Balaban J connectivity index is 0.589. The molecule has 0 radical (unpaired) electrons. The Morgan fingerprint density at radius 1 is 0.287 bits per heavy atom. The fraction of sp³-hybridized carbons (Fsp3) is 0.0280. The van der Waals surface area contributed by atoms with Crippen LogP contribution in [0.25, 0.3) is 179 Å². The lowest BCUT2D eigenvalue weighted by atomic mass is 9.87. The number of fused-ring (bicyclic) bond motifs is 18. The molecule has 0 spiro atoms. The van der Waals surface area contributed by atoms with Crippen LogP contribution in [0, 0.1) is 5.92 Å². The van der Waals surface area contributed by atoms with Crippen LogP contribution in [0.1, 0.15) is 46.3 Å². The fourth-order valence-electron chi connectivity index (χ4n) is 17.8. The molecule has 0 N–H and O–H groups in total. The molecule has 6 heterocycles. The summed E-state index contributed by atoms with van der Waals surface area (Å²) in [6, 6.07) is 121. The molecule has 8 heteroatoms. The van der Waals surface area contributed by atoms with E-state index in [-0.39, 0.29) is 12.0 Å². The number of hydrogen-bond donors (Lipinski definition) is 0. The third kappa shape index (κ3) is 11.2. The molecule has 0 saturated carbocycles. The van der Waals surface area contributed by atoms with Crippen LogP contribution in [-0.2, 0) is 0 Å². The van der Waals surface area contributed by atoms with Gasteiger partial charge in [0, 0.05) is 97.4 Å². The molecule has 7 nitrogen and oxygen atoms in total. The maximum absolute atomic E-state index is 7.06. The Bertz CT molecular complexity index is 7930. The first kappa shape index (κ1) is 66.1. The minimum atomic E-state index is -0.247. The van der Waals surface area contributed by atoms with E-state index >= 15 is 0 Å². The summed E-state index contributed by atoms with van der Waals surface area (Å²) in [4.78, 5) is 22.7. The second kappa shape index (κ2) is 26.8. The van der Waals surface area contributed by atoms with Crippen molar-refractivity contribution in [3.05, 3.63) is 403 Å². The predicted octanol–water partition coefficient (Wildman–Crippen LogP) is 29.1. The second-order valence-electron chi connectivity index (χ2n) is 30.2. The smallest absolute Gasteiger partial charge is 0.161 e. The van der Waals surface area contributed by atoms with Gasteiger partial charge in [-0.05, 0) is 185 Å². The number of nitrogens with zero attached hydrogens (tertiary/aromatic N) is 4. The Morgan fingerprint density at radius 3 is 1.62 bits per heavy atom. The number of para-hydroxylation sites is 3. The van der Waals surface area contributed by atoms with Gasteiger partial charge in [-0.1, -0.05) is 274 Å². The fourth-order valence-corrected chi connectivity index (χ4v) is 18.9. The van der Waals surface area contributed by atoms with Crippen molar-refractivity contribution in [2.75, 3.05) is 0 Å². The average molecular weight is 1490 g/mol. The van der Waals surface area contributed by atoms with Crippen LogP contribution in [0.2, 0.25) is 0 Å². The van der Waals surface area contributed by atoms with Crippen molar-refractivity contribution >= 4 is 169 Å². The summed E-state index contributed by atoms with van der Waals surface area (Å²) in [6.45, 7) is 2.28. The van der Waals surface area contributed by atoms with E-state index in [1.807, 2.05) is 41.7 Å². The molecule has 0 saturated heterocycles. The van der Waals surface area contributed by atoms with E-state index in [2.05, 4.69) is 347 Å². The van der Waals surface area contributed by atoms with Crippen LogP contribution in [0.5, 0.6) is 0 Å². The van der Waals surface area contributed by atoms with E-state index in [9.17, 15) is 0 Å². The number of furan rings is 3. The summed E-state index contributed by atoms with van der Waals surface area (Å²) in [6.07, 6.45) is 10.8. The lowest BCUT2D eigenvalue weighted by Gasteiger charge is -2.24. The molecule has 0 aliphatic carbocycles. The normalized spacial score (nSPS) is 15.4. The van der Waals surface area contributed by atoms with E-state index in [0.29, 0.717) is 11.7 Å². The molecular weight excluding hydrogens is 1420 g/mol. The van der Waals surface area contributed by atoms with Gasteiger partial charge in [0.2, 0.25) is 0 Å². The van der Waals surface area contributed by atoms with E-state index < -0.39 is 0 Å². The molecule has 21 aromatic rings. The first-order chi connectivity index (χ1) is 56.9. The average Bonchev–Trinajstić information content (AvgIpc) is 1.61. The van der Waals surface area contributed by atoms with Crippen LogP contribution in [0.15, 0.2) is 403 Å². The predicted molar refractivity (Wildman–Crippen MR) is 483 cm³/mol. The van der Waals surface area contributed by atoms with Crippen LogP contribution >= 0.6 is 11.3 Å². The van der Waals surface area contributed by atoms with Gasteiger partial charge in [-0.3, -0.25) is 4.99 Å². The van der Waals surface area contributed by atoms with Gasteiger partial charge in [-0.25, -0.2) is 15.0 Å². The SMILES string of the molecule is CC1/C=C/C(c2ccccc2)=NC(c2ccc(-c3ccc4c(c3)sc3ccc(-c5cccc(-c6ccc(C7=C/C=C/C(c8ccc9ccccc9c8)=NC(c8ccc(-c9cc%10oc%11ccccc%11c%10c%10ccccc9%10)c9oc%10ccccc%10c89)=N7)cc6)c5)cc34)c3oc4ccccc4c23)=NC1c1cc2ccccc2c2ccccc12. The quantitative estimate of drug-likeness (QED) is 0.128. The van der Waals surface area contributed by atoms with Gasteiger partial charge in [-0.2, -0.15) is 0 Å². The van der Waals surface area contributed by atoms with Gasteiger partial charge in [0.15, 0.2) is 11.7 Å². The summed E-state index contributed by atoms with van der Waals surface area (Å²) in [7, 11) is 0. The Labute approximate surface area is 664 Å². The van der Waals surface area contributed by atoms with Crippen molar-refractivity contribution in [1.82, 2.24) is 0 Å². The van der Waals surface area contributed by atoms with E-state index in [4.69, 9.17) is 33.2 Å². The molecule has 2 atom stereocenters. The first-order valence-corrected chi connectivity index (χ1v) is 40.0. The van der Waals surface area contributed by atoms with Crippen molar-refractivity contribution in [1.29, 1.82) is 0 Å². The topological polar surface area (TPSA) is 88.9 Å². The summed E-state index contributed by atoms with van der Waals surface area (Å²) in [5.74, 6) is 1.26. The summed E-state index contributed by atoms with van der Waals surface area (Å²) >= 11 is 1.82. The van der Waals surface area contributed by atoms with Gasteiger partial charge in [0.05, 0.1) is 23.2 Å². The molecule has 2 aliphatic rings.